The molecule has 3 aromatic rings. The summed E-state index contributed by atoms with van der Waals surface area (Å²) in [6.45, 7) is 0. The van der Waals surface area contributed by atoms with E-state index in [4.69, 9.17) is 5.84 Å². The molecule has 2 heterocycles. The standard InChI is InChI=1S/C13H11N5O2/c14-17-12-9-4-2-1-3-8(9)10(7-15-12)13(19)16-11-5-6-20-18-11/h1-7H,14H2,(H,15,17)(H,16,18,19). The van der Waals surface area contributed by atoms with Crippen LogP contribution < -0.4 is 16.6 Å². The fourth-order valence-electron chi connectivity index (χ4n) is 1.95. The van der Waals surface area contributed by atoms with E-state index >= 15 is 0 Å². The maximum Gasteiger partial charge on any atom is 0.259 e. The van der Waals surface area contributed by atoms with Crippen LogP contribution in [0, 0.1) is 0 Å². The van der Waals surface area contributed by atoms with Gasteiger partial charge in [0.25, 0.3) is 5.91 Å². The minimum absolute atomic E-state index is 0.314. The van der Waals surface area contributed by atoms with Gasteiger partial charge in [0, 0.05) is 17.6 Å². The molecule has 1 amide bonds. The summed E-state index contributed by atoms with van der Waals surface area (Å²) >= 11 is 0. The lowest BCUT2D eigenvalue weighted by atomic mass is 10.1. The molecule has 7 nitrogen and oxygen atoms in total. The second-order valence-corrected chi connectivity index (χ2v) is 4.05. The lowest BCUT2D eigenvalue weighted by Crippen LogP contribution is -2.15. The number of hydrogen-bond acceptors (Lipinski definition) is 6. The van der Waals surface area contributed by atoms with Crippen molar-refractivity contribution < 1.29 is 9.32 Å². The van der Waals surface area contributed by atoms with Crippen LogP contribution in [0.15, 0.2) is 47.3 Å². The normalized spacial score (nSPS) is 10.4. The van der Waals surface area contributed by atoms with Crippen molar-refractivity contribution in [2.45, 2.75) is 0 Å². The molecule has 0 spiro atoms. The average Bonchev–Trinajstić information content (AvgIpc) is 2.99. The number of hydrazine groups is 1. The van der Waals surface area contributed by atoms with E-state index in [2.05, 4.69) is 25.4 Å². The molecular weight excluding hydrogens is 258 g/mol. The lowest BCUT2D eigenvalue weighted by molar-refractivity contribution is 0.102. The van der Waals surface area contributed by atoms with Crippen molar-refractivity contribution in [3.8, 4) is 0 Å². The van der Waals surface area contributed by atoms with Gasteiger partial charge in [-0.1, -0.05) is 29.4 Å². The summed E-state index contributed by atoms with van der Waals surface area (Å²) in [7, 11) is 0. The number of rotatable bonds is 3. The number of pyridine rings is 1. The summed E-state index contributed by atoms with van der Waals surface area (Å²) in [6.07, 6.45) is 2.85. The van der Waals surface area contributed by atoms with Gasteiger partial charge in [0.15, 0.2) is 5.82 Å². The van der Waals surface area contributed by atoms with E-state index < -0.39 is 0 Å². The monoisotopic (exact) mass is 269 g/mol. The zero-order valence-corrected chi connectivity index (χ0v) is 10.3. The number of fused-ring (bicyclic) bond motifs is 1. The highest BCUT2D eigenvalue weighted by molar-refractivity contribution is 6.13. The summed E-state index contributed by atoms with van der Waals surface area (Å²) in [5, 5.41) is 7.78. The van der Waals surface area contributed by atoms with Crippen LogP contribution in [-0.2, 0) is 0 Å². The van der Waals surface area contributed by atoms with E-state index in [0.717, 1.165) is 10.8 Å². The van der Waals surface area contributed by atoms with Crippen molar-refractivity contribution in [1.82, 2.24) is 10.1 Å². The molecule has 0 saturated carbocycles. The van der Waals surface area contributed by atoms with E-state index in [-0.39, 0.29) is 5.91 Å². The first-order valence-corrected chi connectivity index (χ1v) is 5.85. The highest BCUT2D eigenvalue weighted by Crippen LogP contribution is 2.24. The number of nitrogens with one attached hydrogen (secondary N) is 2. The molecule has 0 radical (unpaired) electrons. The first-order chi connectivity index (χ1) is 9.79. The zero-order valence-electron chi connectivity index (χ0n) is 10.3. The Bertz CT molecular complexity index is 755. The molecular formula is C13H11N5O2. The molecule has 4 N–H and O–H groups in total. The number of nitrogen functional groups attached to an aromatic ring is 1. The molecule has 100 valence electrons. The van der Waals surface area contributed by atoms with Gasteiger partial charge in [-0.25, -0.2) is 10.8 Å². The molecule has 0 aliphatic carbocycles. The molecule has 3 rings (SSSR count). The third-order valence-corrected chi connectivity index (χ3v) is 2.86. The highest BCUT2D eigenvalue weighted by Gasteiger charge is 2.14. The van der Waals surface area contributed by atoms with E-state index in [0.29, 0.717) is 17.2 Å². The van der Waals surface area contributed by atoms with Gasteiger partial charge in [-0.05, 0) is 5.39 Å². The van der Waals surface area contributed by atoms with E-state index in [1.807, 2.05) is 24.3 Å². The fraction of sp³-hybridized carbons (Fsp3) is 0. The summed E-state index contributed by atoms with van der Waals surface area (Å²) in [5.41, 5.74) is 2.94. The number of anilines is 2. The van der Waals surface area contributed by atoms with Crippen molar-refractivity contribution in [3.63, 3.8) is 0 Å². The van der Waals surface area contributed by atoms with Crippen LogP contribution >= 0.6 is 0 Å². The molecule has 0 saturated heterocycles. The predicted octanol–water partition coefficient (Wildman–Crippen LogP) is 1.76. The van der Waals surface area contributed by atoms with Crippen molar-refractivity contribution in [1.29, 1.82) is 0 Å². The number of hydrogen-bond donors (Lipinski definition) is 3. The number of nitrogens with zero attached hydrogens (tertiary/aromatic N) is 2. The lowest BCUT2D eigenvalue weighted by Gasteiger charge is -2.09. The number of benzene rings is 1. The van der Waals surface area contributed by atoms with Gasteiger partial charge >= 0.3 is 0 Å². The molecule has 2 aromatic heterocycles. The smallest absolute Gasteiger partial charge is 0.259 e. The Balaban J connectivity index is 2.05. The first-order valence-electron chi connectivity index (χ1n) is 5.85. The van der Waals surface area contributed by atoms with Crippen LogP contribution in [0.5, 0.6) is 0 Å². The first kappa shape index (κ1) is 12.1. The molecule has 0 fully saturated rings. The van der Waals surface area contributed by atoms with Crippen molar-refractivity contribution >= 4 is 28.3 Å². The molecule has 0 aliphatic heterocycles. The number of amides is 1. The van der Waals surface area contributed by atoms with Gasteiger partial charge in [-0.3, -0.25) is 4.79 Å². The summed E-state index contributed by atoms with van der Waals surface area (Å²) in [4.78, 5) is 16.4. The molecule has 0 unspecified atom stereocenters. The van der Waals surface area contributed by atoms with Gasteiger partial charge in [-0.15, -0.1) is 0 Å². The van der Waals surface area contributed by atoms with E-state index in [9.17, 15) is 4.79 Å². The van der Waals surface area contributed by atoms with Crippen molar-refractivity contribution in [3.05, 3.63) is 48.4 Å². The minimum Gasteiger partial charge on any atom is -0.363 e. The number of aromatic nitrogens is 2. The Hall–Kier alpha value is -2.93. The van der Waals surface area contributed by atoms with Crippen LogP contribution in [-0.4, -0.2) is 16.0 Å². The number of carbonyl (C=O) groups excluding carboxylic acids is 1. The zero-order chi connectivity index (χ0) is 13.9. The quantitative estimate of drug-likeness (QED) is 0.494. The van der Waals surface area contributed by atoms with Crippen LogP contribution in [0.3, 0.4) is 0 Å². The minimum atomic E-state index is -0.314. The Labute approximate surface area is 113 Å². The van der Waals surface area contributed by atoms with E-state index in [1.54, 1.807) is 6.07 Å². The molecule has 0 atom stereocenters. The van der Waals surface area contributed by atoms with Crippen LogP contribution in [0.2, 0.25) is 0 Å². The molecule has 0 bridgehead atoms. The van der Waals surface area contributed by atoms with Gasteiger partial charge < -0.3 is 15.3 Å². The topological polar surface area (TPSA) is 106 Å². The maximum absolute atomic E-state index is 12.2. The summed E-state index contributed by atoms with van der Waals surface area (Å²) < 4.78 is 4.67. The third kappa shape index (κ3) is 2.06. The maximum atomic E-state index is 12.2. The van der Waals surface area contributed by atoms with Gasteiger partial charge in [0.05, 0.1) is 5.56 Å². The summed E-state index contributed by atoms with van der Waals surface area (Å²) in [6, 6.07) is 8.92. The fourth-order valence-corrected chi connectivity index (χ4v) is 1.95. The van der Waals surface area contributed by atoms with Crippen molar-refractivity contribution in [2.75, 3.05) is 10.7 Å². The van der Waals surface area contributed by atoms with Crippen LogP contribution in [0.1, 0.15) is 10.4 Å². The highest BCUT2D eigenvalue weighted by atomic mass is 16.5. The van der Waals surface area contributed by atoms with Gasteiger partial charge in [-0.2, -0.15) is 0 Å². The third-order valence-electron chi connectivity index (χ3n) is 2.86. The van der Waals surface area contributed by atoms with Crippen LogP contribution in [0.4, 0.5) is 11.6 Å². The number of nitrogens with two attached hydrogens (primary N) is 1. The second-order valence-electron chi connectivity index (χ2n) is 4.05. The Morgan fingerprint density at radius 3 is 2.70 bits per heavy atom. The second kappa shape index (κ2) is 4.98. The Kier molecular flexibility index (Phi) is 3.02. The summed E-state index contributed by atoms with van der Waals surface area (Å²) in [5.74, 6) is 5.96. The SMILES string of the molecule is NNc1ncc(C(=O)Nc2ccon2)c2ccccc12. The Morgan fingerprint density at radius 1 is 1.20 bits per heavy atom. The molecule has 0 aliphatic rings. The van der Waals surface area contributed by atoms with Gasteiger partial charge in [0.2, 0.25) is 0 Å². The van der Waals surface area contributed by atoms with Crippen molar-refractivity contribution in [2.24, 2.45) is 5.84 Å². The van der Waals surface area contributed by atoms with Gasteiger partial charge in [0.1, 0.15) is 12.1 Å². The molecule has 7 heteroatoms. The number of carbonyl (C=O) groups is 1. The predicted molar refractivity (Wildman–Crippen MR) is 74.0 cm³/mol. The van der Waals surface area contributed by atoms with E-state index in [1.165, 1.54) is 12.5 Å². The Morgan fingerprint density at radius 2 is 2.00 bits per heavy atom. The largest absolute Gasteiger partial charge is 0.363 e. The van der Waals surface area contributed by atoms with Crippen LogP contribution in [0.25, 0.3) is 10.8 Å². The molecule has 20 heavy (non-hydrogen) atoms. The molecule has 1 aromatic carbocycles. The average molecular weight is 269 g/mol.